The van der Waals surface area contributed by atoms with Crippen LogP contribution in [0.25, 0.3) is 0 Å². The van der Waals surface area contributed by atoms with Crippen molar-refractivity contribution in [3.05, 3.63) is 20.8 Å². The molecule has 1 aromatic heterocycles. The molecule has 12 heavy (non-hydrogen) atoms. The van der Waals surface area contributed by atoms with Crippen LogP contribution < -0.4 is 0 Å². The van der Waals surface area contributed by atoms with E-state index < -0.39 is 11.9 Å². The number of thiol groups is 1. The largest absolute Gasteiger partial charge is 0.481 e. The fraction of sp³-hybridized carbons (Fsp3) is 0.286. The Morgan fingerprint density at radius 2 is 2.42 bits per heavy atom. The van der Waals surface area contributed by atoms with Crippen LogP contribution in [-0.4, -0.2) is 16.8 Å². The molecule has 0 radical (unpaired) electrons. The topological polar surface area (TPSA) is 37.3 Å². The first kappa shape index (κ1) is 10.1. The van der Waals surface area contributed by atoms with Crippen LogP contribution in [0.5, 0.6) is 0 Å². The molecule has 1 rings (SSSR count). The van der Waals surface area contributed by atoms with Gasteiger partial charge in [0.1, 0.15) is 0 Å². The average molecular weight is 267 g/mol. The van der Waals surface area contributed by atoms with Crippen molar-refractivity contribution in [1.29, 1.82) is 0 Å². The summed E-state index contributed by atoms with van der Waals surface area (Å²) in [5.74, 6) is -0.966. The third-order valence-corrected chi connectivity index (χ3v) is 3.52. The summed E-state index contributed by atoms with van der Waals surface area (Å²) in [4.78, 5) is 11.5. The first-order valence-corrected chi connectivity index (χ1v) is 5.48. The SMILES string of the molecule is O=C(O)C(CS)c1ccc(Br)s1. The molecular weight excluding hydrogens is 260 g/mol. The van der Waals surface area contributed by atoms with Crippen molar-refractivity contribution in [3.63, 3.8) is 0 Å². The molecule has 0 fully saturated rings. The molecule has 2 nitrogen and oxygen atoms in total. The van der Waals surface area contributed by atoms with Gasteiger partial charge in [-0.25, -0.2) is 0 Å². The minimum absolute atomic E-state index is 0.336. The molecule has 5 heteroatoms. The molecule has 0 aliphatic rings. The normalized spacial score (nSPS) is 12.8. The number of rotatable bonds is 3. The standard InChI is InChI=1S/C7H7BrO2S2/c8-6-2-1-5(12-6)4(3-11)7(9)10/h1-2,4,11H,3H2,(H,9,10). The molecule has 1 aromatic rings. The molecular formula is C7H7BrO2S2. The molecule has 0 saturated heterocycles. The zero-order valence-corrected chi connectivity index (χ0v) is 9.32. The lowest BCUT2D eigenvalue weighted by molar-refractivity contribution is -0.138. The Labute approximate surface area is 88.1 Å². The van der Waals surface area contributed by atoms with Gasteiger partial charge in [0.25, 0.3) is 0 Å². The van der Waals surface area contributed by atoms with Crippen molar-refractivity contribution in [3.8, 4) is 0 Å². The van der Waals surface area contributed by atoms with Crippen molar-refractivity contribution < 1.29 is 9.90 Å². The average Bonchev–Trinajstić information content (AvgIpc) is 2.37. The molecule has 0 aliphatic heterocycles. The first-order valence-electron chi connectivity index (χ1n) is 3.24. The molecule has 1 N–H and O–H groups in total. The Hall–Kier alpha value is -0.0000000000000000833. The number of hydrogen-bond donors (Lipinski definition) is 2. The van der Waals surface area contributed by atoms with Crippen LogP contribution in [0.2, 0.25) is 0 Å². The highest BCUT2D eigenvalue weighted by Gasteiger charge is 2.19. The Morgan fingerprint density at radius 1 is 1.75 bits per heavy atom. The van der Waals surface area contributed by atoms with Gasteiger partial charge < -0.3 is 5.11 Å². The zero-order chi connectivity index (χ0) is 9.14. The van der Waals surface area contributed by atoms with Crippen molar-refractivity contribution >= 4 is 45.9 Å². The van der Waals surface area contributed by atoms with E-state index in [1.54, 1.807) is 0 Å². The summed E-state index contributed by atoms with van der Waals surface area (Å²) in [5, 5.41) is 8.78. The van der Waals surface area contributed by atoms with Crippen molar-refractivity contribution in [2.24, 2.45) is 0 Å². The highest BCUT2D eigenvalue weighted by Crippen LogP contribution is 2.29. The number of hydrogen-bond acceptors (Lipinski definition) is 3. The fourth-order valence-corrected chi connectivity index (χ4v) is 2.80. The second kappa shape index (κ2) is 4.30. The van der Waals surface area contributed by atoms with Gasteiger partial charge in [-0.3, -0.25) is 4.79 Å². The van der Waals surface area contributed by atoms with Crippen LogP contribution in [-0.2, 0) is 4.79 Å². The number of carboxylic acids is 1. The molecule has 1 heterocycles. The summed E-state index contributed by atoms with van der Waals surface area (Å²) in [6.45, 7) is 0. The first-order chi connectivity index (χ1) is 5.65. The number of aliphatic carboxylic acids is 1. The molecule has 0 spiro atoms. The fourth-order valence-electron chi connectivity index (χ4n) is 0.805. The monoisotopic (exact) mass is 266 g/mol. The predicted octanol–water partition coefficient (Wildman–Crippen LogP) is 2.61. The van der Waals surface area contributed by atoms with Gasteiger partial charge in [0.05, 0.1) is 9.70 Å². The Kier molecular flexibility index (Phi) is 3.61. The van der Waals surface area contributed by atoms with Gasteiger partial charge >= 0.3 is 5.97 Å². The Balaban J connectivity index is 2.87. The highest BCUT2D eigenvalue weighted by atomic mass is 79.9. The maximum atomic E-state index is 10.7. The van der Waals surface area contributed by atoms with Gasteiger partial charge in [-0.1, -0.05) is 0 Å². The van der Waals surface area contributed by atoms with Crippen molar-refractivity contribution in [2.45, 2.75) is 5.92 Å². The molecule has 1 atom stereocenters. The van der Waals surface area contributed by atoms with E-state index in [1.165, 1.54) is 11.3 Å². The molecule has 0 saturated carbocycles. The summed E-state index contributed by atoms with van der Waals surface area (Å²) < 4.78 is 0.950. The molecule has 0 aliphatic carbocycles. The van der Waals surface area contributed by atoms with Crippen LogP contribution in [0.15, 0.2) is 15.9 Å². The number of halogens is 1. The van der Waals surface area contributed by atoms with E-state index >= 15 is 0 Å². The van der Waals surface area contributed by atoms with Crippen LogP contribution in [0.4, 0.5) is 0 Å². The minimum atomic E-state index is -0.820. The second-order valence-electron chi connectivity index (χ2n) is 2.22. The summed E-state index contributed by atoms with van der Waals surface area (Å²) in [7, 11) is 0. The smallest absolute Gasteiger partial charge is 0.312 e. The molecule has 1 unspecified atom stereocenters. The Bertz CT molecular complexity index is 285. The number of carbonyl (C=O) groups is 1. The maximum Gasteiger partial charge on any atom is 0.312 e. The van der Waals surface area contributed by atoms with E-state index in [1.807, 2.05) is 12.1 Å². The van der Waals surface area contributed by atoms with E-state index in [2.05, 4.69) is 28.6 Å². The van der Waals surface area contributed by atoms with Crippen LogP contribution >= 0.6 is 39.9 Å². The van der Waals surface area contributed by atoms with Gasteiger partial charge in [0.2, 0.25) is 0 Å². The summed E-state index contributed by atoms with van der Waals surface area (Å²) in [6.07, 6.45) is 0. The third kappa shape index (κ3) is 2.24. The van der Waals surface area contributed by atoms with Gasteiger partial charge in [0.15, 0.2) is 0 Å². The zero-order valence-electron chi connectivity index (χ0n) is 6.03. The second-order valence-corrected chi connectivity index (χ2v) is 5.08. The van der Waals surface area contributed by atoms with Gasteiger partial charge in [-0.15, -0.1) is 11.3 Å². The molecule has 66 valence electrons. The number of carboxylic acid groups (broad SMARTS) is 1. The van der Waals surface area contributed by atoms with E-state index in [9.17, 15) is 4.79 Å². The van der Waals surface area contributed by atoms with Gasteiger partial charge in [-0.2, -0.15) is 12.6 Å². The minimum Gasteiger partial charge on any atom is -0.481 e. The molecule has 0 bridgehead atoms. The van der Waals surface area contributed by atoms with Crippen LogP contribution in [0, 0.1) is 0 Å². The highest BCUT2D eigenvalue weighted by molar-refractivity contribution is 9.11. The lowest BCUT2D eigenvalue weighted by atomic mass is 10.1. The van der Waals surface area contributed by atoms with Crippen molar-refractivity contribution in [2.75, 3.05) is 5.75 Å². The predicted molar refractivity (Wildman–Crippen MR) is 56.2 cm³/mol. The maximum absolute atomic E-state index is 10.7. The van der Waals surface area contributed by atoms with E-state index in [0.717, 1.165) is 8.66 Å². The van der Waals surface area contributed by atoms with Crippen LogP contribution in [0.3, 0.4) is 0 Å². The lowest BCUT2D eigenvalue weighted by Crippen LogP contribution is -2.11. The van der Waals surface area contributed by atoms with Crippen LogP contribution in [0.1, 0.15) is 10.8 Å². The summed E-state index contributed by atoms with van der Waals surface area (Å²) in [6, 6.07) is 3.66. The summed E-state index contributed by atoms with van der Waals surface area (Å²) >= 11 is 8.70. The molecule has 0 amide bonds. The Morgan fingerprint density at radius 3 is 2.75 bits per heavy atom. The molecule has 0 aromatic carbocycles. The third-order valence-electron chi connectivity index (χ3n) is 1.42. The van der Waals surface area contributed by atoms with E-state index in [-0.39, 0.29) is 0 Å². The summed E-state index contributed by atoms with van der Waals surface area (Å²) in [5.41, 5.74) is 0. The lowest BCUT2D eigenvalue weighted by Gasteiger charge is -2.04. The van der Waals surface area contributed by atoms with E-state index in [4.69, 9.17) is 5.11 Å². The van der Waals surface area contributed by atoms with Crippen molar-refractivity contribution in [1.82, 2.24) is 0 Å². The van der Waals surface area contributed by atoms with Gasteiger partial charge in [-0.05, 0) is 28.1 Å². The van der Waals surface area contributed by atoms with E-state index in [0.29, 0.717) is 5.75 Å². The quantitative estimate of drug-likeness (QED) is 0.826. The number of thiophene rings is 1. The van der Waals surface area contributed by atoms with Gasteiger partial charge in [0, 0.05) is 10.6 Å².